The maximum atomic E-state index is 6.97. The molecule has 0 saturated heterocycles. The molecular formula is C17H21N. The molecule has 1 aliphatic carbocycles. The van der Waals surface area contributed by atoms with Crippen molar-refractivity contribution in [1.29, 1.82) is 0 Å². The number of benzene rings is 1. The molecule has 1 fully saturated rings. The molecule has 0 atom stereocenters. The number of rotatable bonds is 4. The van der Waals surface area contributed by atoms with Crippen molar-refractivity contribution in [2.45, 2.75) is 44.4 Å². The summed E-state index contributed by atoms with van der Waals surface area (Å²) < 4.78 is 0. The minimum atomic E-state index is 0.713. The molecule has 18 heavy (non-hydrogen) atoms. The van der Waals surface area contributed by atoms with Gasteiger partial charge in [-0.3, -0.25) is 0 Å². The van der Waals surface area contributed by atoms with E-state index in [9.17, 15) is 0 Å². The summed E-state index contributed by atoms with van der Waals surface area (Å²) in [6, 6.07) is 8.18. The molecule has 1 saturated carbocycles. The normalized spacial score (nSPS) is 23.3. The highest BCUT2D eigenvalue weighted by Gasteiger charge is 2.21. The molecule has 0 amide bonds. The Hall–Kier alpha value is -1.55. The van der Waals surface area contributed by atoms with E-state index in [1.54, 1.807) is 0 Å². The first-order chi connectivity index (χ1) is 8.83. The third kappa shape index (κ3) is 3.23. The van der Waals surface area contributed by atoms with E-state index in [0.717, 1.165) is 18.0 Å². The standard InChI is InChI=1S/C17H21N/c1-3-4-5-14-6-8-15(9-7-14)16-10-12-17(18-2)13-11-16/h3,10-15H,1,4-9H2. The zero-order valence-electron chi connectivity index (χ0n) is 10.9. The first-order valence-electron chi connectivity index (χ1n) is 6.91. The van der Waals surface area contributed by atoms with Gasteiger partial charge < -0.3 is 0 Å². The van der Waals surface area contributed by atoms with Crippen molar-refractivity contribution in [3.8, 4) is 0 Å². The van der Waals surface area contributed by atoms with Crippen molar-refractivity contribution < 1.29 is 0 Å². The maximum absolute atomic E-state index is 6.97. The van der Waals surface area contributed by atoms with Crippen LogP contribution in [0.25, 0.3) is 4.85 Å². The Morgan fingerprint density at radius 1 is 1.17 bits per heavy atom. The Labute approximate surface area is 110 Å². The first kappa shape index (κ1) is 12.9. The number of nitrogens with zero attached hydrogens (tertiary/aromatic N) is 1. The van der Waals surface area contributed by atoms with Crippen LogP contribution in [-0.2, 0) is 0 Å². The molecule has 1 nitrogen and oxygen atoms in total. The van der Waals surface area contributed by atoms with Crippen molar-refractivity contribution in [2.24, 2.45) is 5.92 Å². The van der Waals surface area contributed by atoms with Crippen molar-refractivity contribution in [2.75, 3.05) is 0 Å². The van der Waals surface area contributed by atoms with E-state index >= 15 is 0 Å². The Morgan fingerprint density at radius 3 is 2.39 bits per heavy atom. The van der Waals surface area contributed by atoms with E-state index in [-0.39, 0.29) is 0 Å². The van der Waals surface area contributed by atoms with Crippen LogP contribution in [0.3, 0.4) is 0 Å². The smallest absolute Gasteiger partial charge is 0.187 e. The molecule has 0 aromatic heterocycles. The van der Waals surface area contributed by atoms with Crippen LogP contribution in [-0.4, -0.2) is 0 Å². The molecule has 0 unspecified atom stereocenters. The zero-order valence-corrected chi connectivity index (χ0v) is 10.9. The Kier molecular flexibility index (Phi) is 4.59. The van der Waals surface area contributed by atoms with Crippen molar-refractivity contribution in [1.82, 2.24) is 0 Å². The molecule has 0 bridgehead atoms. The van der Waals surface area contributed by atoms with Crippen LogP contribution in [0.1, 0.15) is 50.0 Å². The van der Waals surface area contributed by atoms with Gasteiger partial charge in [0.2, 0.25) is 0 Å². The van der Waals surface area contributed by atoms with Gasteiger partial charge in [0.15, 0.2) is 5.69 Å². The van der Waals surface area contributed by atoms with Gasteiger partial charge in [0.1, 0.15) is 0 Å². The second-order valence-electron chi connectivity index (χ2n) is 5.29. The lowest BCUT2D eigenvalue weighted by molar-refractivity contribution is 0.312. The van der Waals surface area contributed by atoms with Gasteiger partial charge in [-0.05, 0) is 55.9 Å². The molecule has 1 heteroatoms. The average molecular weight is 239 g/mol. The fourth-order valence-electron chi connectivity index (χ4n) is 2.96. The van der Waals surface area contributed by atoms with Crippen molar-refractivity contribution >= 4 is 5.69 Å². The molecule has 1 aromatic rings. The summed E-state index contributed by atoms with van der Waals surface area (Å²) in [5.41, 5.74) is 2.17. The molecule has 0 spiro atoms. The molecule has 1 aromatic carbocycles. The summed E-state index contributed by atoms with van der Waals surface area (Å²) in [5, 5.41) is 0. The lowest BCUT2D eigenvalue weighted by Gasteiger charge is -2.28. The second-order valence-corrected chi connectivity index (χ2v) is 5.29. The molecule has 0 radical (unpaired) electrons. The summed E-state index contributed by atoms with van der Waals surface area (Å²) in [4.78, 5) is 3.44. The highest BCUT2D eigenvalue weighted by molar-refractivity contribution is 5.45. The molecule has 0 heterocycles. The van der Waals surface area contributed by atoms with Crippen molar-refractivity contribution in [3.05, 3.63) is 53.9 Å². The minimum absolute atomic E-state index is 0.713. The third-order valence-electron chi connectivity index (χ3n) is 4.12. The highest BCUT2D eigenvalue weighted by Crippen LogP contribution is 2.37. The van der Waals surface area contributed by atoms with Crippen LogP contribution in [0, 0.1) is 12.5 Å². The SMILES string of the molecule is [C-]#[N+]c1ccc(C2CCC(CCC=C)CC2)cc1. The molecule has 94 valence electrons. The summed E-state index contributed by atoms with van der Waals surface area (Å²) in [5.74, 6) is 1.62. The average Bonchev–Trinajstić information content (AvgIpc) is 2.46. The van der Waals surface area contributed by atoms with Crippen LogP contribution in [0.4, 0.5) is 5.69 Å². The van der Waals surface area contributed by atoms with Gasteiger partial charge in [0, 0.05) is 0 Å². The summed E-state index contributed by atoms with van der Waals surface area (Å²) in [6.07, 6.45) is 9.82. The van der Waals surface area contributed by atoms with Gasteiger partial charge in [-0.1, -0.05) is 30.3 Å². The van der Waals surface area contributed by atoms with Crippen molar-refractivity contribution in [3.63, 3.8) is 0 Å². The number of hydrogen-bond acceptors (Lipinski definition) is 0. The summed E-state index contributed by atoms with van der Waals surface area (Å²) >= 11 is 0. The molecule has 1 aliphatic rings. The third-order valence-corrected chi connectivity index (χ3v) is 4.12. The predicted octanol–water partition coefficient (Wildman–Crippen LogP) is 5.48. The van der Waals surface area contributed by atoms with Crippen LogP contribution < -0.4 is 0 Å². The predicted molar refractivity (Wildman–Crippen MR) is 76.8 cm³/mol. The topological polar surface area (TPSA) is 4.36 Å². The van der Waals surface area contributed by atoms with E-state index < -0.39 is 0 Å². The Morgan fingerprint density at radius 2 is 1.83 bits per heavy atom. The van der Waals surface area contributed by atoms with Gasteiger partial charge >= 0.3 is 0 Å². The fourth-order valence-corrected chi connectivity index (χ4v) is 2.96. The van der Waals surface area contributed by atoms with E-state index in [1.165, 1.54) is 37.7 Å². The first-order valence-corrected chi connectivity index (χ1v) is 6.91. The molecular weight excluding hydrogens is 218 g/mol. The van der Waals surface area contributed by atoms with Gasteiger partial charge in [-0.15, -0.1) is 6.58 Å². The van der Waals surface area contributed by atoms with Crippen LogP contribution >= 0.6 is 0 Å². The summed E-state index contributed by atoms with van der Waals surface area (Å²) in [7, 11) is 0. The largest absolute Gasteiger partial charge is 0.238 e. The number of hydrogen-bond donors (Lipinski definition) is 0. The fraction of sp³-hybridized carbons (Fsp3) is 0.471. The monoisotopic (exact) mass is 239 g/mol. The number of allylic oxidation sites excluding steroid dienone is 1. The van der Waals surface area contributed by atoms with Gasteiger partial charge in [0.05, 0.1) is 6.57 Å². The molecule has 0 aliphatic heterocycles. The van der Waals surface area contributed by atoms with Gasteiger partial charge in [0.25, 0.3) is 0 Å². The maximum Gasteiger partial charge on any atom is 0.187 e. The van der Waals surface area contributed by atoms with E-state index in [0.29, 0.717) is 5.92 Å². The van der Waals surface area contributed by atoms with Crippen LogP contribution in [0.5, 0.6) is 0 Å². The van der Waals surface area contributed by atoms with Gasteiger partial charge in [-0.2, -0.15) is 0 Å². The van der Waals surface area contributed by atoms with Gasteiger partial charge in [-0.25, -0.2) is 4.85 Å². The van der Waals surface area contributed by atoms with Crippen LogP contribution in [0.2, 0.25) is 0 Å². The lowest BCUT2D eigenvalue weighted by Crippen LogP contribution is -2.13. The lowest BCUT2D eigenvalue weighted by atomic mass is 9.77. The zero-order chi connectivity index (χ0) is 12.8. The van der Waals surface area contributed by atoms with E-state index in [2.05, 4.69) is 23.6 Å². The van der Waals surface area contributed by atoms with E-state index in [4.69, 9.17) is 6.57 Å². The summed E-state index contributed by atoms with van der Waals surface area (Å²) in [6.45, 7) is 10.8. The Bertz CT molecular complexity index is 416. The molecule has 2 rings (SSSR count). The highest BCUT2D eigenvalue weighted by atomic mass is 14.6. The second kappa shape index (κ2) is 6.40. The van der Waals surface area contributed by atoms with Crippen LogP contribution in [0.15, 0.2) is 36.9 Å². The van der Waals surface area contributed by atoms with E-state index in [1.807, 2.05) is 18.2 Å². The molecule has 0 N–H and O–H groups in total. The Balaban J connectivity index is 1.88. The minimum Gasteiger partial charge on any atom is -0.238 e. The quantitative estimate of drug-likeness (QED) is 0.484.